The highest BCUT2D eigenvalue weighted by Gasteiger charge is 2.19. The summed E-state index contributed by atoms with van der Waals surface area (Å²) < 4.78 is 24.9. The van der Waals surface area contributed by atoms with Crippen LogP contribution < -0.4 is 5.56 Å². The van der Waals surface area contributed by atoms with Crippen molar-refractivity contribution in [1.29, 1.82) is 5.26 Å². The van der Waals surface area contributed by atoms with Gasteiger partial charge >= 0.3 is 0 Å². The van der Waals surface area contributed by atoms with Gasteiger partial charge in [-0.15, -0.1) is 0 Å². The maximum absolute atomic E-state index is 12.3. The van der Waals surface area contributed by atoms with Gasteiger partial charge in [0.05, 0.1) is 5.56 Å². The molecule has 0 fully saturated rings. The summed E-state index contributed by atoms with van der Waals surface area (Å²) in [6.45, 7) is 0. The second kappa shape index (κ2) is 3.83. The highest BCUT2D eigenvalue weighted by molar-refractivity contribution is 14.1. The second-order valence-electron chi connectivity index (χ2n) is 2.17. The average molecular weight is 296 g/mol. The first-order valence-electron chi connectivity index (χ1n) is 3.17. The summed E-state index contributed by atoms with van der Waals surface area (Å²) in [5.74, 6) is 0. The van der Waals surface area contributed by atoms with Gasteiger partial charge in [0.2, 0.25) is 0 Å². The molecule has 6 heteroatoms. The largest absolute Gasteiger partial charge is 0.327 e. The number of alkyl halides is 2. The van der Waals surface area contributed by atoms with Crippen LogP contribution in [0.1, 0.15) is 17.6 Å². The lowest BCUT2D eigenvalue weighted by atomic mass is 10.1. The van der Waals surface area contributed by atoms with E-state index in [0.717, 1.165) is 6.20 Å². The maximum atomic E-state index is 12.3. The molecule has 0 spiro atoms. The van der Waals surface area contributed by atoms with E-state index in [1.165, 1.54) is 6.07 Å². The fraction of sp³-hybridized carbons (Fsp3) is 0.143. The van der Waals surface area contributed by atoms with Crippen molar-refractivity contribution in [3.63, 3.8) is 0 Å². The van der Waals surface area contributed by atoms with Gasteiger partial charge in [0.25, 0.3) is 12.0 Å². The fourth-order valence-corrected chi connectivity index (χ4v) is 1.51. The molecule has 0 radical (unpaired) electrons. The van der Waals surface area contributed by atoms with Crippen molar-refractivity contribution in [1.82, 2.24) is 4.98 Å². The van der Waals surface area contributed by atoms with E-state index in [1.54, 1.807) is 22.6 Å². The first-order valence-corrected chi connectivity index (χ1v) is 4.25. The molecule has 0 saturated carbocycles. The van der Waals surface area contributed by atoms with E-state index in [1.807, 2.05) is 0 Å². The van der Waals surface area contributed by atoms with Gasteiger partial charge in [-0.05, 0) is 22.6 Å². The van der Waals surface area contributed by atoms with Crippen molar-refractivity contribution in [3.05, 3.63) is 31.2 Å². The molecule has 1 rings (SSSR count). The minimum Gasteiger partial charge on any atom is -0.327 e. The molecule has 0 bridgehead atoms. The molecule has 0 saturated heterocycles. The lowest BCUT2D eigenvalue weighted by Crippen LogP contribution is -2.14. The van der Waals surface area contributed by atoms with Gasteiger partial charge < -0.3 is 4.98 Å². The first-order chi connectivity index (χ1) is 6.07. The summed E-state index contributed by atoms with van der Waals surface area (Å²) in [5, 5.41) is 8.47. The fourth-order valence-electron chi connectivity index (χ4n) is 0.845. The van der Waals surface area contributed by atoms with Crippen molar-refractivity contribution in [3.8, 4) is 6.07 Å². The van der Waals surface area contributed by atoms with Crippen LogP contribution in [-0.4, -0.2) is 4.98 Å². The molecule has 0 atom stereocenters. The van der Waals surface area contributed by atoms with E-state index in [4.69, 9.17) is 5.26 Å². The molecule has 0 aromatic carbocycles. The quantitative estimate of drug-likeness (QED) is 0.803. The number of hydrogen-bond donors (Lipinski definition) is 1. The highest BCUT2D eigenvalue weighted by atomic mass is 127. The zero-order valence-electron chi connectivity index (χ0n) is 6.14. The Morgan fingerprint density at radius 2 is 2.23 bits per heavy atom. The predicted octanol–water partition coefficient (Wildman–Crippen LogP) is 1.79. The van der Waals surface area contributed by atoms with Crippen LogP contribution in [0.15, 0.2) is 11.0 Å². The van der Waals surface area contributed by atoms with E-state index in [9.17, 15) is 13.6 Å². The van der Waals surface area contributed by atoms with Crippen LogP contribution in [0.3, 0.4) is 0 Å². The first kappa shape index (κ1) is 10.1. The lowest BCUT2D eigenvalue weighted by Gasteiger charge is -2.03. The number of aromatic nitrogens is 1. The van der Waals surface area contributed by atoms with E-state index in [-0.39, 0.29) is 3.57 Å². The molecule has 0 amide bonds. The van der Waals surface area contributed by atoms with Gasteiger partial charge in [-0.25, -0.2) is 8.78 Å². The van der Waals surface area contributed by atoms with Gasteiger partial charge in [0.15, 0.2) is 0 Å². The molecule has 13 heavy (non-hydrogen) atoms. The van der Waals surface area contributed by atoms with Crippen LogP contribution in [0.25, 0.3) is 0 Å². The van der Waals surface area contributed by atoms with Crippen molar-refractivity contribution < 1.29 is 8.78 Å². The summed E-state index contributed by atoms with van der Waals surface area (Å²) in [4.78, 5) is 13.1. The van der Waals surface area contributed by atoms with Crippen LogP contribution in [0, 0.1) is 14.9 Å². The van der Waals surface area contributed by atoms with Gasteiger partial charge in [-0.1, -0.05) is 0 Å². The molecule has 0 unspecified atom stereocenters. The Bertz CT molecular complexity index is 421. The Kier molecular flexibility index (Phi) is 2.98. The monoisotopic (exact) mass is 296 g/mol. The number of aromatic amines is 1. The molecule has 1 aromatic heterocycles. The number of nitrogens with one attached hydrogen (secondary N) is 1. The Labute approximate surface area is 85.5 Å². The Hall–Kier alpha value is -0.970. The number of nitriles is 1. The number of hydrogen-bond acceptors (Lipinski definition) is 2. The molecule has 0 aliphatic rings. The average Bonchev–Trinajstić information content (AvgIpc) is 2.07. The molecule has 1 heterocycles. The van der Waals surface area contributed by atoms with Gasteiger partial charge in [-0.2, -0.15) is 5.26 Å². The number of halogens is 3. The SMILES string of the molecule is N#Cc1c(C(F)F)c(I)c[nH]c1=O. The predicted molar refractivity (Wildman–Crippen MR) is 49.5 cm³/mol. The summed E-state index contributed by atoms with van der Waals surface area (Å²) in [5.41, 5.74) is -1.79. The summed E-state index contributed by atoms with van der Waals surface area (Å²) in [6, 6.07) is 1.46. The van der Waals surface area contributed by atoms with E-state index in [0.29, 0.717) is 0 Å². The number of nitrogens with zero attached hydrogens (tertiary/aromatic N) is 1. The summed E-state index contributed by atoms with van der Waals surface area (Å²) in [6.07, 6.45) is -1.64. The minimum atomic E-state index is -2.80. The Balaban J connectivity index is 3.56. The smallest absolute Gasteiger partial charge is 0.266 e. The molecule has 3 nitrogen and oxygen atoms in total. The second-order valence-corrected chi connectivity index (χ2v) is 3.33. The zero-order chi connectivity index (χ0) is 10.0. The van der Waals surface area contributed by atoms with Crippen LogP contribution in [0.2, 0.25) is 0 Å². The normalized spacial score (nSPS) is 10.1. The van der Waals surface area contributed by atoms with Crippen LogP contribution in [0.5, 0.6) is 0 Å². The number of rotatable bonds is 1. The van der Waals surface area contributed by atoms with E-state index >= 15 is 0 Å². The molecule has 0 aliphatic heterocycles. The van der Waals surface area contributed by atoms with Crippen LogP contribution in [0.4, 0.5) is 8.78 Å². The molecule has 1 N–H and O–H groups in total. The van der Waals surface area contributed by atoms with Crippen molar-refractivity contribution in [2.24, 2.45) is 0 Å². The number of H-pyrrole nitrogens is 1. The Morgan fingerprint density at radius 1 is 1.62 bits per heavy atom. The van der Waals surface area contributed by atoms with Crippen molar-refractivity contribution in [2.75, 3.05) is 0 Å². The summed E-state index contributed by atoms with van der Waals surface area (Å²) >= 11 is 1.64. The number of pyridine rings is 1. The van der Waals surface area contributed by atoms with Gasteiger partial charge in [0.1, 0.15) is 11.6 Å². The topological polar surface area (TPSA) is 56.6 Å². The summed E-state index contributed by atoms with van der Waals surface area (Å²) in [7, 11) is 0. The molecular formula is C7H3F2IN2O. The minimum absolute atomic E-state index is 0.184. The molecule has 68 valence electrons. The Morgan fingerprint density at radius 3 is 2.62 bits per heavy atom. The molecule has 0 aliphatic carbocycles. The molecular weight excluding hydrogens is 293 g/mol. The van der Waals surface area contributed by atoms with Gasteiger partial charge in [0, 0.05) is 9.77 Å². The lowest BCUT2D eigenvalue weighted by molar-refractivity contribution is 0.150. The third-order valence-electron chi connectivity index (χ3n) is 1.41. The molecule has 1 aromatic rings. The highest BCUT2D eigenvalue weighted by Crippen LogP contribution is 2.24. The van der Waals surface area contributed by atoms with Crippen molar-refractivity contribution in [2.45, 2.75) is 6.43 Å². The van der Waals surface area contributed by atoms with Gasteiger partial charge in [-0.3, -0.25) is 4.79 Å². The third kappa shape index (κ3) is 1.85. The van der Waals surface area contributed by atoms with E-state index in [2.05, 4.69) is 4.98 Å². The zero-order valence-corrected chi connectivity index (χ0v) is 8.30. The van der Waals surface area contributed by atoms with Crippen LogP contribution >= 0.6 is 22.6 Å². The standard InChI is InChI=1S/C7H3F2IN2O/c8-6(9)5-3(1-11)7(13)12-2-4(5)10/h2,6H,(H,12,13). The van der Waals surface area contributed by atoms with Crippen LogP contribution in [-0.2, 0) is 0 Å². The van der Waals surface area contributed by atoms with E-state index < -0.39 is 23.1 Å². The van der Waals surface area contributed by atoms with Crippen molar-refractivity contribution >= 4 is 22.6 Å². The third-order valence-corrected chi connectivity index (χ3v) is 2.31. The maximum Gasteiger partial charge on any atom is 0.266 e.